The minimum Gasteiger partial charge on any atom is -0.377 e. The molecule has 1 aromatic heterocycles. The lowest BCUT2D eigenvalue weighted by Crippen LogP contribution is -2.38. The van der Waals surface area contributed by atoms with Gasteiger partial charge in [-0.15, -0.1) is 0 Å². The van der Waals surface area contributed by atoms with E-state index in [2.05, 4.69) is 15.3 Å². The molecule has 2 aromatic carbocycles. The Hall–Kier alpha value is -2.34. The molecule has 1 aliphatic rings. The molecular formula is C24H25ClF3N3. The highest BCUT2D eigenvalue weighted by atomic mass is 35.5. The highest BCUT2D eigenvalue weighted by molar-refractivity contribution is 6.31. The predicted molar refractivity (Wildman–Crippen MR) is 119 cm³/mol. The van der Waals surface area contributed by atoms with Crippen LogP contribution >= 0.6 is 11.6 Å². The number of anilines is 1. The van der Waals surface area contributed by atoms with Crippen molar-refractivity contribution in [3.8, 4) is 0 Å². The molecule has 1 heterocycles. The fourth-order valence-electron chi connectivity index (χ4n) is 4.81. The van der Waals surface area contributed by atoms with E-state index in [4.69, 9.17) is 11.6 Å². The van der Waals surface area contributed by atoms with Crippen LogP contribution in [0.4, 0.5) is 18.9 Å². The van der Waals surface area contributed by atoms with Gasteiger partial charge in [-0.05, 0) is 80.0 Å². The van der Waals surface area contributed by atoms with Crippen molar-refractivity contribution in [2.24, 2.45) is 5.92 Å². The van der Waals surface area contributed by atoms with Gasteiger partial charge in [-0.2, -0.15) is 13.2 Å². The molecule has 3 atom stereocenters. The van der Waals surface area contributed by atoms with Crippen molar-refractivity contribution < 1.29 is 13.2 Å². The third-order valence-electron chi connectivity index (χ3n) is 6.57. The Morgan fingerprint density at radius 2 is 1.90 bits per heavy atom. The number of benzene rings is 2. The topological polar surface area (TPSA) is 37.8 Å². The van der Waals surface area contributed by atoms with Crippen LogP contribution in [0, 0.1) is 26.7 Å². The van der Waals surface area contributed by atoms with Gasteiger partial charge >= 0.3 is 6.18 Å². The summed E-state index contributed by atoms with van der Waals surface area (Å²) in [5.41, 5.74) is 4.83. The van der Waals surface area contributed by atoms with Crippen LogP contribution in [0.1, 0.15) is 59.8 Å². The van der Waals surface area contributed by atoms with E-state index in [1.807, 2.05) is 26.8 Å². The molecule has 7 heteroatoms. The van der Waals surface area contributed by atoms with E-state index in [1.165, 1.54) is 0 Å². The lowest BCUT2D eigenvalue weighted by molar-refractivity contribution is -0.184. The van der Waals surface area contributed by atoms with Crippen LogP contribution in [0.25, 0.3) is 10.9 Å². The fraction of sp³-hybridized carbons (Fsp3) is 0.417. The zero-order chi connectivity index (χ0) is 22.5. The van der Waals surface area contributed by atoms with Gasteiger partial charge in [0.1, 0.15) is 5.82 Å². The Morgan fingerprint density at radius 1 is 1.16 bits per heavy atom. The normalized spacial score (nSPS) is 21.2. The molecule has 0 saturated heterocycles. The molecule has 0 spiro atoms. The molecule has 0 aliphatic heterocycles. The maximum Gasteiger partial charge on any atom is 0.394 e. The van der Waals surface area contributed by atoms with Crippen molar-refractivity contribution in [1.82, 2.24) is 9.97 Å². The molecule has 4 rings (SSSR count). The van der Waals surface area contributed by atoms with Crippen LogP contribution in [0.15, 0.2) is 30.5 Å². The van der Waals surface area contributed by atoms with E-state index in [0.717, 1.165) is 16.7 Å². The molecular weight excluding hydrogens is 423 g/mol. The van der Waals surface area contributed by atoms with Crippen molar-refractivity contribution in [3.05, 3.63) is 63.6 Å². The van der Waals surface area contributed by atoms with E-state index in [-0.39, 0.29) is 12.3 Å². The number of hydrogen-bond acceptors (Lipinski definition) is 3. The molecule has 164 valence electrons. The molecule has 0 amide bonds. The minimum absolute atomic E-state index is 0.0486. The largest absolute Gasteiger partial charge is 0.394 e. The van der Waals surface area contributed by atoms with Crippen LogP contribution in [-0.2, 0) is 0 Å². The van der Waals surface area contributed by atoms with Gasteiger partial charge in [0.25, 0.3) is 0 Å². The van der Waals surface area contributed by atoms with E-state index < -0.39 is 18.1 Å². The summed E-state index contributed by atoms with van der Waals surface area (Å²) in [6, 6.07) is 6.20. The molecule has 1 aliphatic carbocycles. The molecule has 3 nitrogen and oxygen atoms in total. The lowest BCUT2D eigenvalue weighted by Gasteiger charge is -2.41. The average Bonchev–Trinajstić information content (AvgIpc) is 2.71. The van der Waals surface area contributed by atoms with Gasteiger partial charge in [-0.3, -0.25) is 0 Å². The number of aromatic nitrogens is 2. The number of rotatable bonds is 3. The Morgan fingerprint density at radius 3 is 2.58 bits per heavy atom. The number of aryl methyl sites for hydroxylation is 1. The first-order valence-corrected chi connectivity index (χ1v) is 10.8. The molecule has 0 fully saturated rings. The van der Waals surface area contributed by atoms with Crippen LogP contribution in [-0.4, -0.2) is 16.1 Å². The summed E-state index contributed by atoms with van der Waals surface area (Å²) in [6.07, 6.45) is -1.98. The van der Waals surface area contributed by atoms with E-state index >= 15 is 0 Å². The van der Waals surface area contributed by atoms with Crippen LogP contribution in [0.3, 0.4) is 0 Å². The number of halogens is 4. The molecule has 31 heavy (non-hydrogen) atoms. The minimum atomic E-state index is -4.34. The maximum absolute atomic E-state index is 14.2. The number of nitrogens with one attached hydrogen (secondary N) is 1. The summed E-state index contributed by atoms with van der Waals surface area (Å²) in [4.78, 5) is 8.66. The quantitative estimate of drug-likeness (QED) is 0.453. The molecule has 2 unspecified atom stereocenters. The van der Waals surface area contributed by atoms with Crippen LogP contribution < -0.4 is 5.32 Å². The lowest BCUT2D eigenvalue weighted by atomic mass is 9.70. The Labute approximate surface area is 185 Å². The first kappa shape index (κ1) is 21.9. The second kappa shape index (κ2) is 7.97. The van der Waals surface area contributed by atoms with Crippen molar-refractivity contribution in [1.29, 1.82) is 0 Å². The maximum atomic E-state index is 14.2. The van der Waals surface area contributed by atoms with Crippen LogP contribution in [0.5, 0.6) is 0 Å². The average molecular weight is 448 g/mol. The number of fused-ring (bicyclic) bond motifs is 2. The van der Waals surface area contributed by atoms with E-state index in [0.29, 0.717) is 39.4 Å². The van der Waals surface area contributed by atoms with Crippen molar-refractivity contribution in [3.63, 3.8) is 0 Å². The highest BCUT2D eigenvalue weighted by Gasteiger charge is 2.50. The zero-order valence-electron chi connectivity index (χ0n) is 17.9. The van der Waals surface area contributed by atoms with E-state index in [9.17, 15) is 13.2 Å². The predicted octanol–water partition coefficient (Wildman–Crippen LogP) is 7.44. The van der Waals surface area contributed by atoms with Crippen molar-refractivity contribution in [2.75, 3.05) is 5.32 Å². The highest BCUT2D eigenvalue weighted by Crippen LogP contribution is 2.52. The first-order valence-electron chi connectivity index (χ1n) is 10.5. The summed E-state index contributed by atoms with van der Waals surface area (Å²) in [5.74, 6) is -1.07. The monoisotopic (exact) mass is 447 g/mol. The van der Waals surface area contributed by atoms with E-state index in [1.54, 1.807) is 31.3 Å². The molecule has 1 N–H and O–H groups in total. The number of alkyl halides is 3. The summed E-state index contributed by atoms with van der Waals surface area (Å²) < 4.78 is 42.7. The van der Waals surface area contributed by atoms with Crippen LogP contribution in [0.2, 0.25) is 5.02 Å². The Bertz CT molecular complexity index is 1140. The van der Waals surface area contributed by atoms with Crippen molar-refractivity contribution in [2.45, 2.75) is 58.7 Å². The standard InChI is InChI=1S/C24H25ClF3N3/c1-5-15-9-18(24(26,27)28)23(16-10-19(25)12(2)13(3)22(15)16)31-21-8-6-7-20-17(21)11-29-14(4)30-20/h6-8,10-11,15,18,23,31H,5,9H2,1-4H3/t15-,18?,23?/m1/s1. The second-order valence-corrected chi connectivity index (χ2v) is 8.79. The van der Waals surface area contributed by atoms with Crippen molar-refractivity contribution >= 4 is 28.2 Å². The summed E-state index contributed by atoms with van der Waals surface area (Å²) in [5, 5.41) is 4.41. The van der Waals surface area contributed by atoms with Gasteiger partial charge < -0.3 is 5.32 Å². The zero-order valence-corrected chi connectivity index (χ0v) is 18.7. The van der Waals surface area contributed by atoms with Gasteiger partial charge in [0.2, 0.25) is 0 Å². The third-order valence-corrected chi connectivity index (χ3v) is 6.96. The number of nitrogens with zero attached hydrogens (tertiary/aromatic N) is 2. The van der Waals surface area contributed by atoms with Gasteiger partial charge in [0, 0.05) is 22.3 Å². The summed E-state index contributed by atoms with van der Waals surface area (Å²) in [7, 11) is 0. The Kier molecular flexibility index (Phi) is 5.63. The smallest absolute Gasteiger partial charge is 0.377 e. The summed E-state index contributed by atoms with van der Waals surface area (Å²) >= 11 is 6.46. The molecule has 3 aromatic rings. The molecule has 0 saturated carbocycles. The second-order valence-electron chi connectivity index (χ2n) is 8.38. The Balaban J connectivity index is 1.90. The van der Waals surface area contributed by atoms with Gasteiger partial charge in [-0.1, -0.05) is 24.6 Å². The fourth-order valence-corrected chi connectivity index (χ4v) is 5.07. The van der Waals surface area contributed by atoms with Gasteiger partial charge in [0.15, 0.2) is 0 Å². The molecule has 0 bridgehead atoms. The SMILES string of the molecule is CC[C@@H]1CC(C(F)(F)F)C(Nc2cccc3nc(C)ncc23)c2cc(Cl)c(C)c(C)c21. The molecule has 0 radical (unpaired) electrons. The van der Waals surface area contributed by atoms with Gasteiger partial charge in [0.05, 0.1) is 17.5 Å². The number of hydrogen-bond donors (Lipinski definition) is 1. The third kappa shape index (κ3) is 3.86. The van der Waals surface area contributed by atoms with Gasteiger partial charge in [-0.25, -0.2) is 9.97 Å². The summed E-state index contributed by atoms with van der Waals surface area (Å²) in [6.45, 7) is 7.62. The first-order chi connectivity index (χ1) is 14.6.